The number of nitrogens with zero attached hydrogens (tertiary/aromatic N) is 4. The van der Waals surface area contributed by atoms with E-state index < -0.39 is 11.7 Å². The summed E-state index contributed by atoms with van der Waals surface area (Å²) in [6.45, 7) is 3.27. The molecule has 0 atom stereocenters. The number of anilines is 1. The van der Waals surface area contributed by atoms with Crippen LogP contribution in [0.5, 0.6) is 11.5 Å². The van der Waals surface area contributed by atoms with E-state index in [-0.39, 0.29) is 52.1 Å². The quantitative estimate of drug-likeness (QED) is 0.325. The Labute approximate surface area is 270 Å². The number of methoxy groups -OCH3 is 2. The number of piperidine rings is 1. The molecule has 5 rings (SSSR count). The lowest BCUT2D eigenvalue weighted by Crippen LogP contribution is -2.52. The van der Waals surface area contributed by atoms with Crippen LogP contribution in [0.3, 0.4) is 0 Å². The van der Waals surface area contributed by atoms with Crippen LogP contribution in [0.2, 0.25) is 5.02 Å². The molecule has 2 aliphatic rings. The lowest BCUT2D eigenvalue weighted by Gasteiger charge is -2.37. The lowest BCUT2D eigenvalue weighted by atomic mass is 9.96. The number of aromatic nitrogens is 2. The molecular formula is C31H36ClFN6O7. The standard InChI is InChI=1S/C30H34ClFN6O5.CH2O2/c1-36-23(21-6-7-24(42-2)26(43-3)25(21)32)17-34-27(36)28(39)35-19-4-5-20(22(31)16-19)30(41)38-14-12-37(13-15-38)29(40)18-8-10-33-11-9-18;2-1-3/h4-7,16-18,33H,8-15H2,1-3H3,(H,35,39);1H,(H,2,3). The van der Waals surface area contributed by atoms with Gasteiger partial charge in [0.2, 0.25) is 5.91 Å². The normalized spacial score (nSPS) is 15.0. The Hall–Kier alpha value is -4.69. The van der Waals surface area contributed by atoms with Gasteiger partial charge >= 0.3 is 0 Å². The number of hydrogen-bond acceptors (Lipinski definition) is 8. The van der Waals surface area contributed by atoms with Gasteiger partial charge in [0.1, 0.15) is 0 Å². The highest BCUT2D eigenvalue weighted by Gasteiger charge is 2.30. The van der Waals surface area contributed by atoms with Gasteiger partial charge in [-0.3, -0.25) is 19.2 Å². The maximum atomic E-state index is 15.1. The first-order valence-corrected chi connectivity index (χ1v) is 14.9. The largest absolute Gasteiger partial charge is 0.493 e. The molecule has 3 N–H and O–H groups in total. The number of rotatable bonds is 7. The van der Waals surface area contributed by atoms with Crippen molar-refractivity contribution in [1.29, 1.82) is 0 Å². The Kier molecular flexibility index (Phi) is 11.6. The van der Waals surface area contributed by atoms with E-state index in [0.717, 1.165) is 25.9 Å². The predicted octanol–water partition coefficient (Wildman–Crippen LogP) is 3.13. The van der Waals surface area contributed by atoms with Crippen LogP contribution in [-0.2, 0) is 16.6 Å². The summed E-state index contributed by atoms with van der Waals surface area (Å²) >= 11 is 6.49. The van der Waals surface area contributed by atoms with Crippen LogP contribution in [0, 0.1) is 11.7 Å². The number of amides is 3. The summed E-state index contributed by atoms with van der Waals surface area (Å²) in [7, 11) is 4.36. The Bertz CT molecular complexity index is 1590. The third kappa shape index (κ3) is 7.40. The number of nitrogens with one attached hydrogen (secondary N) is 2. The molecule has 1 aromatic heterocycles. The van der Waals surface area contributed by atoms with Crippen molar-refractivity contribution in [3.63, 3.8) is 0 Å². The molecule has 2 fully saturated rings. The summed E-state index contributed by atoms with van der Waals surface area (Å²) in [6, 6.07) is 7.75. The number of hydrogen-bond donors (Lipinski definition) is 3. The van der Waals surface area contributed by atoms with Gasteiger partial charge in [-0.2, -0.15) is 0 Å². The molecule has 0 spiro atoms. The number of carboxylic acid groups (broad SMARTS) is 1. The molecule has 0 radical (unpaired) electrons. The fourth-order valence-corrected chi connectivity index (χ4v) is 5.80. The average molecular weight is 659 g/mol. The number of halogens is 2. The maximum Gasteiger partial charge on any atom is 0.291 e. The molecule has 2 saturated heterocycles. The summed E-state index contributed by atoms with van der Waals surface area (Å²) in [5.41, 5.74) is 1.22. The van der Waals surface area contributed by atoms with Gasteiger partial charge in [-0.25, -0.2) is 9.37 Å². The van der Waals surface area contributed by atoms with Crippen molar-refractivity contribution in [1.82, 2.24) is 24.7 Å². The minimum atomic E-state index is -0.640. The molecular weight excluding hydrogens is 623 g/mol. The van der Waals surface area contributed by atoms with Gasteiger partial charge < -0.3 is 39.6 Å². The van der Waals surface area contributed by atoms with Gasteiger partial charge in [-0.1, -0.05) is 11.6 Å². The first-order valence-electron chi connectivity index (χ1n) is 14.5. The van der Waals surface area contributed by atoms with Gasteiger partial charge in [0, 0.05) is 50.4 Å². The van der Waals surface area contributed by atoms with Crippen LogP contribution in [0.15, 0.2) is 36.5 Å². The molecule has 0 unspecified atom stereocenters. The minimum Gasteiger partial charge on any atom is -0.493 e. The first kappa shape index (κ1) is 34.2. The molecule has 3 heterocycles. The van der Waals surface area contributed by atoms with Crippen LogP contribution in [0.1, 0.15) is 33.8 Å². The molecule has 0 aliphatic carbocycles. The number of carbonyl (C=O) groups is 4. The van der Waals surface area contributed by atoms with Gasteiger partial charge in [-0.05, 0) is 56.3 Å². The van der Waals surface area contributed by atoms with Crippen molar-refractivity contribution in [2.45, 2.75) is 12.8 Å². The SMILES string of the molecule is COc1ccc(-c2cnc(C(=O)Nc3ccc(C(=O)N4CCN(C(=O)C5CCNCC5)CC4)c(Cl)c3)n2C)c(F)c1OC.O=CO. The van der Waals surface area contributed by atoms with E-state index in [1.807, 2.05) is 4.90 Å². The maximum absolute atomic E-state index is 15.1. The topological polar surface area (TPSA) is 155 Å². The van der Waals surface area contributed by atoms with Crippen molar-refractivity contribution in [2.75, 3.05) is 58.8 Å². The number of imidazole rings is 1. The van der Waals surface area contributed by atoms with E-state index in [9.17, 15) is 14.4 Å². The second-order valence-corrected chi connectivity index (χ2v) is 11.0. The van der Waals surface area contributed by atoms with Gasteiger partial charge in [0.25, 0.3) is 18.3 Å². The molecule has 3 aromatic rings. The van der Waals surface area contributed by atoms with Crippen molar-refractivity contribution in [2.24, 2.45) is 13.0 Å². The zero-order valence-corrected chi connectivity index (χ0v) is 26.5. The Morgan fingerprint density at radius 1 is 1.07 bits per heavy atom. The minimum absolute atomic E-state index is 0.0392. The summed E-state index contributed by atoms with van der Waals surface area (Å²) in [4.78, 5) is 55.2. The summed E-state index contributed by atoms with van der Waals surface area (Å²) < 4.78 is 26.9. The zero-order valence-electron chi connectivity index (χ0n) is 25.7. The van der Waals surface area contributed by atoms with Gasteiger partial charge in [0.05, 0.1) is 36.7 Å². The third-order valence-corrected chi connectivity index (χ3v) is 8.29. The van der Waals surface area contributed by atoms with Crippen molar-refractivity contribution < 1.29 is 38.1 Å². The van der Waals surface area contributed by atoms with Crippen LogP contribution < -0.4 is 20.1 Å². The summed E-state index contributed by atoms with van der Waals surface area (Å²) in [5.74, 6) is -0.972. The Morgan fingerprint density at radius 2 is 1.72 bits per heavy atom. The molecule has 2 aliphatic heterocycles. The summed E-state index contributed by atoms with van der Waals surface area (Å²) in [5, 5.41) is 13.1. The monoisotopic (exact) mass is 658 g/mol. The third-order valence-electron chi connectivity index (χ3n) is 7.98. The molecule has 2 aromatic carbocycles. The fraction of sp³-hybridized carbons (Fsp3) is 0.387. The number of carbonyl (C=O) groups excluding carboxylic acids is 3. The van der Waals surface area contributed by atoms with Gasteiger partial charge in [-0.15, -0.1) is 0 Å². The molecule has 0 saturated carbocycles. The predicted molar refractivity (Wildman–Crippen MR) is 168 cm³/mol. The van der Waals surface area contributed by atoms with Crippen molar-refractivity contribution >= 4 is 41.5 Å². The van der Waals surface area contributed by atoms with Gasteiger partial charge in [0.15, 0.2) is 23.1 Å². The fourth-order valence-electron chi connectivity index (χ4n) is 5.54. The molecule has 3 amide bonds. The first-order chi connectivity index (χ1) is 22.1. The second-order valence-electron chi connectivity index (χ2n) is 10.6. The van der Waals surface area contributed by atoms with Crippen molar-refractivity contribution in [3.8, 4) is 22.8 Å². The van der Waals surface area contributed by atoms with E-state index in [4.69, 9.17) is 31.0 Å². The zero-order chi connectivity index (χ0) is 33.4. The molecule has 15 heteroatoms. The van der Waals surface area contributed by atoms with Crippen LogP contribution >= 0.6 is 11.6 Å². The Morgan fingerprint density at radius 3 is 2.33 bits per heavy atom. The van der Waals surface area contributed by atoms with E-state index in [1.54, 1.807) is 30.1 Å². The summed E-state index contributed by atoms with van der Waals surface area (Å²) in [6.07, 6.45) is 3.08. The molecule has 0 bridgehead atoms. The van der Waals surface area contributed by atoms with Crippen LogP contribution in [-0.4, -0.2) is 102 Å². The van der Waals surface area contributed by atoms with E-state index in [2.05, 4.69) is 15.6 Å². The smallest absolute Gasteiger partial charge is 0.291 e. The number of ether oxygens (including phenoxy) is 2. The molecule has 246 valence electrons. The highest BCUT2D eigenvalue weighted by molar-refractivity contribution is 6.34. The second kappa shape index (κ2) is 15.5. The van der Waals surface area contributed by atoms with E-state index in [0.29, 0.717) is 43.1 Å². The molecule has 46 heavy (non-hydrogen) atoms. The highest BCUT2D eigenvalue weighted by Crippen LogP contribution is 2.36. The van der Waals surface area contributed by atoms with Crippen molar-refractivity contribution in [3.05, 3.63) is 58.8 Å². The van der Waals surface area contributed by atoms with E-state index in [1.165, 1.54) is 37.1 Å². The van der Waals surface area contributed by atoms with Crippen LogP contribution in [0.25, 0.3) is 11.3 Å². The highest BCUT2D eigenvalue weighted by atomic mass is 35.5. The molecule has 13 nitrogen and oxygen atoms in total. The van der Waals surface area contributed by atoms with E-state index >= 15 is 4.39 Å². The lowest BCUT2D eigenvalue weighted by molar-refractivity contribution is -0.137. The average Bonchev–Trinajstić information content (AvgIpc) is 3.45. The van der Waals surface area contributed by atoms with Crippen LogP contribution in [0.4, 0.5) is 10.1 Å². The Balaban J connectivity index is 0.00000154. The number of benzene rings is 2. The number of piperazine rings is 1.